The number of aryl methyl sites for hydroxylation is 1. The Balaban J connectivity index is 1.65. The van der Waals surface area contributed by atoms with Crippen LogP contribution in [0.1, 0.15) is 49.7 Å². The summed E-state index contributed by atoms with van der Waals surface area (Å²) in [6.07, 6.45) is 8.20. The molecule has 25 heavy (non-hydrogen) atoms. The summed E-state index contributed by atoms with van der Waals surface area (Å²) in [5.74, 6) is 0.606. The lowest BCUT2D eigenvalue weighted by atomic mass is 9.90. The van der Waals surface area contributed by atoms with Crippen molar-refractivity contribution in [3.63, 3.8) is 0 Å². The summed E-state index contributed by atoms with van der Waals surface area (Å²) in [5, 5.41) is 1.54. The topological polar surface area (TPSA) is 48.7 Å². The van der Waals surface area contributed by atoms with E-state index >= 15 is 0 Å². The minimum absolute atomic E-state index is 0.130. The molecule has 1 heterocycles. The van der Waals surface area contributed by atoms with E-state index in [2.05, 4.69) is 0 Å². The first kappa shape index (κ1) is 16.9. The molecule has 0 amide bonds. The summed E-state index contributed by atoms with van der Waals surface area (Å²) in [6.45, 7) is 0. The van der Waals surface area contributed by atoms with Gasteiger partial charge in [0, 0.05) is 24.1 Å². The number of halogens is 1. The third-order valence-electron chi connectivity index (χ3n) is 5.52. The van der Waals surface area contributed by atoms with Gasteiger partial charge in [-0.3, -0.25) is 0 Å². The largest absolute Gasteiger partial charge is 0.489 e. The third kappa shape index (κ3) is 3.30. The number of rotatable bonds is 3. The lowest BCUT2D eigenvalue weighted by Gasteiger charge is -2.28. The highest BCUT2D eigenvalue weighted by atomic mass is 35.5. The third-order valence-corrected chi connectivity index (χ3v) is 5.82. The van der Waals surface area contributed by atoms with Crippen molar-refractivity contribution >= 4 is 22.6 Å². The smallest absolute Gasteiger partial charge is 0.339 e. The molecular formula is C20H23ClO4. The van der Waals surface area contributed by atoms with Crippen molar-refractivity contribution in [2.24, 2.45) is 0 Å². The molecule has 134 valence electrons. The maximum Gasteiger partial charge on any atom is 0.339 e. The van der Waals surface area contributed by atoms with Gasteiger partial charge in [0.05, 0.1) is 17.2 Å². The second-order valence-electron chi connectivity index (χ2n) is 7.08. The Morgan fingerprint density at radius 1 is 1.04 bits per heavy atom. The summed E-state index contributed by atoms with van der Waals surface area (Å²) in [4.78, 5) is 12.3. The van der Waals surface area contributed by atoms with Crippen LogP contribution in [-0.4, -0.2) is 19.3 Å². The normalized spacial score (nSPS) is 23.4. The number of fused-ring (bicyclic) bond motifs is 3. The molecule has 5 heteroatoms. The van der Waals surface area contributed by atoms with E-state index in [9.17, 15) is 4.79 Å². The molecule has 0 aliphatic heterocycles. The monoisotopic (exact) mass is 362 g/mol. The predicted molar refractivity (Wildman–Crippen MR) is 97.8 cm³/mol. The highest BCUT2D eigenvalue weighted by Crippen LogP contribution is 2.36. The Labute approximate surface area is 152 Å². The molecule has 4 rings (SSSR count). The standard InChI is InChI=1S/C20H23ClO4/c1-23-12-6-8-13(9-7-12)24-19-11-18-16(10-17(19)21)14-4-2-3-5-15(14)20(22)25-18/h10-13H,2-9H2,1H3/t12-,13+. The van der Waals surface area contributed by atoms with Crippen molar-refractivity contribution < 1.29 is 13.9 Å². The van der Waals surface area contributed by atoms with Gasteiger partial charge in [0.2, 0.25) is 0 Å². The van der Waals surface area contributed by atoms with Crippen molar-refractivity contribution in [3.05, 3.63) is 38.7 Å². The quantitative estimate of drug-likeness (QED) is 0.745. The molecule has 1 saturated carbocycles. The molecule has 2 aliphatic carbocycles. The van der Waals surface area contributed by atoms with Crippen LogP contribution in [0.2, 0.25) is 5.02 Å². The van der Waals surface area contributed by atoms with Crippen LogP contribution in [0.25, 0.3) is 11.0 Å². The maximum atomic E-state index is 12.3. The lowest BCUT2D eigenvalue weighted by molar-refractivity contribution is 0.0328. The Morgan fingerprint density at radius 3 is 2.44 bits per heavy atom. The average Bonchev–Trinajstić information content (AvgIpc) is 2.64. The predicted octanol–water partition coefficient (Wildman–Crippen LogP) is 4.66. The summed E-state index contributed by atoms with van der Waals surface area (Å²) < 4.78 is 17.1. The Morgan fingerprint density at radius 2 is 1.72 bits per heavy atom. The van der Waals surface area contributed by atoms with Gasteiger partial charge in [-0.25, -0.2) is 4.79 Å². The van der Waals surface area contributed by atoms with Gasteiger partial charge < -0.3 is 13.9 Å². The second kappa shape index (κ2) is 7.00. The van der Waals surface area contributed by atoms with E-state index in [4.69, 9.17) is 25.5 Å². The van der Waals surface area contributed by atoms with Gasteiger partial charge in [-0.2, -0.15) is 0 Å². The van der Waals surface area contributed by atoms with Crippen LogP contribution in [0.5, 0.6) is 5.75 Å². The molecule has 2 aromatic rings. The van der Waals surface area contributed by atoms with E-state index < -0.39 is 0 Å². The van der Waals surface area contributed by atoms with Gasteiger partial charge in [-0.1, -0.05) is 11.6 Å². The van der Waals surface area contributed by atoms with Crippen LogP contribution in [0, 0.1) is 0 Å². The minimum atomic E-state index is -0.212. The molecule has 4 nitrogen and oxygen atoms in total. The molecule has 0 bridgehead atoms. The number of benzene rings is 1. The van der Waals surface area contributed by atoms with Gasteiger partial charge in [0.1, 0.15) is 11.3 Å². The molecule has 1 fully saturated rings. The summed E-state index contributed by atoms with van der Waals surface area (Å²) in [5.41, 5.74) is 2.29. The van der Waals surface area contributed by atoms with Crippen LogP contribution >= 0.6 is 11.6 Å². The lowest BCUT2D eigenvalue weighted by Crippen LogP contribution is -2.27. The first-order chi connectivity index (χ1) is 12.2. The summed E-state index contributed by atoms with van der Waals surface area (Å²) in [7, 11) is 1.76. The van der Waals surface area contributed by atoms with E-state index in [1.165, 1.54) is 0 Å². The highest BCUT2D eigenvalue weighted by molar-refractivity contribution is 6.32. The Kier molecular flexibility index (Phi) is 4.74. The summed E-state index contributed by atoms with van der Waals surface area (Å²) >= 11 is 6.49. The van der Waals surface area contributed by atoms with Crippen molar-refractivity contribution in [2.75, 3.05) is 7.11 Å². The van der Waals surface area contributed by atoms with Crippen LogP contribution < -0.4 is 10.4 Å². The maximum absolute atomic E-state index is 12.3. The van der Waals surface area contributed by atoms with Crippen LogP contribution in [0.4, 0.5) is 0 Å². The minimum Gasteiger partial charge on any atom is -0.489 e. The van der Waals surface area contributed by atoms with Gasteiger partial charge in [0.15, 0.2) is 0 Å². The zero-order valence-electron chi connectivity index (χ0n) is 14.5. The molecular weight excluding hydrogens is 340 g/mol. The molecule has 0 spiro atoms. The van der Waals surface area contributed by atoms with E-state index in [1.54, 1.807) is 13.2 Å². The number of hydrogen-bond acceptors (Lipinski definition) is 4. The first-order valence-corrected chi connectivity index (χ1v) is 9.51. The van der Waals surface area contributed by atoms with E-state index in [0.717, 1.165) is 67.9 Å². The molecule has 0 atom stereocenters. The van der Waals surface area contributed by atoms with Crippen molar-refractivity contribution in [2.45, 2.75) is 63.6 Å². The fourth-order valence-electron chi connectivity index (χ4n) is 4.10. The van der Waals surface area contributed by atoms with Gasteiger partial charge >= 0.3 is 5.63 Å². The second-order valence-corrected chi connectivity index (χ2v) is 7.49. The van der Waals surface area contributed by atoms with E-state index in [-0.39, 0.29) is 11.7 Å². The van der Waals surface area contributed by atoms with Crippen molar-refractivity contribution in [1.82, 2.24) is 0 Å². The Bertz CT molecular complexity index is 834. The van der Waals surface area contributed by atoms with Crippen LogP contribution in [0.3, 0.4) is 0 Å². The fourth-order valence-corrected chi connectivity index (χ4v) is 4.31. The molecule has 0 saturated heterocycles. The van der Waals surface area contributed by atoms with Gasteiger partial charge in [-0.15, -0.1) is 0 Å². The molecule has 0 radical (unpaired) electrons. The zero-order valence-corrected chi connectivity index (χ0v) is 15.2. The van der Waals surface area contributed by atoms with Crippen molar-refractivity contribution in [3.8, 4) is 5.75 Å². The average molecular weight is 363 g/mol. The summed E-state index contributed by atoms with van der Waals surface area (Å²) in [6, 6.07) is 3.69. The molecule has 1 aromatic carbocycles. The number of hydrogen-bond donors (Lipinski definition) is 0. The van der Waals surface area contributed by atoms with E-state index in [0.29, 0.717) is 22.5 Å². The van der Waals surface area contributed by atoms with Gasteiger partial charge in [-0.05, 0) is 63.0 Å². The fraction of sp³-hybridized carbons (Fsp3) is 0.550. The molecule has 0 N–H and O–H groups in total. The molecule has 0 unspecified atom stereocenters. The van der Waals surface area contributed by atoms with Crippen LogP contribution in [0.15, 0.2) is 21.3 Å². The number of ether oxygens (including phenoxy) is 2. The first-order valence-electron chi connectivity index (χ1n) is 9.13. The molecule has 2 aliphatic rings. The van der Waals surface area contributed by atoms with Crippen molar-refractivity contribution in [1.29, 1.82) is 0 Å². The number of methoxy groups -OCH3 is 1. The van der Waals surface area contributed by atoms with E-state index in [1.807, 2.05) is 6.07 Å². The van der Waals surface area contributed by atoms with Crippen LogP contribution in [-0.2, 0) is 17.6 Å². The Hall–Kier alpha value is -1.52. The van der Waals surface area contributed by atoms with Gasteiger partial charge in [0.25, 0.3) is 0 Å². The molecule has 1 aromatic heterocycles. The highest BCUT2D eigenvalue weighted by Gasteiger charge is 2.24. The zero-order chi connectivity index (χ0) is 17.4. The SMILES string of the molecule is CO[C@H]1CC[C@@H](Oc2cc3oc(=O)c4c(c3cc2Cl)CCCC4)CC1.